The summed E-state index contributed by atoms with van der Waals surface area (Å²) in [5, 5.41) is 0. The number of rotatable bonds is 7. The van der Waals surface area contributed by atoms with Crippen LogP contribution >= 0.6 is 0 Å². The van der Waals surface area contributed by atoms with E-state index in [0.717, 1.165) is 6.04 Å². The van der Waals surface area contributed by atoms with E-state index in [9.17, 15) is 0 Å². The van der Waals surface area contributed by atoms with Gasteiger partial charge in [-0.2, -0.15) is 0 Å². The van der Waals surface area contributed by atoms with Crippen molar-refractivity contribution in [1.29, 1.82) is 0 Å². The molecular weight excluding hydrogens is 238 g/mol. The summed E-state index contributed by atoms with van der Waals surface area (Å²) >= 11 is 0. The van der Waals surface area contributed by atoms with E-state index in [1.165, 1.54) is 43.4 Å². The minimum atomic E-state index is 0. The molecule has 0 aliphatic rings. The third kappa shape index (κ3) is 3.90. The van der Waals surface area contributed by atoms with Gasteiger partial charge in [0.2, 0.25) is 0 Å². The molecule has 0 saturated heterocycles. The van der Waals surface area contributed by atoms with E-state index in [2.05, 4.69) is 34.6 Å². The molecule has 0 aromatic carbocycles. The molecule has 0 N–H and O–H groups in total. The van der Waals surface area contributed by atoms with Crippen LogP contribution in [0.15, 0.2) is 0 Å². The Morgan fingerprint density at radius 2 is 1.29 bits per heavy atom. The minimum Gasteiger partial charge on any atom is -1.00 e. The molecule has 1 unspecified atom stereocenters. The van der Waals surface area contributed by atoms with Crippen LogP contribution in [0.4, 0.5) is 0 Å². The van der Waals surface area contributed by atoms with Gasteiger partial charge in [0.25, 0.3) is 0 Å². The number of hydrogen-bond donors (Lipinski definition) is 0. The molecule has 0 radical (unpaired) electrons. The summed E-state index contributed by atoms with van der Waals surface area (Å²) < 4.78 is 1.32. The summed E-state index contributed by atoms with van der Waals surface area (Å²) in [6.45, 7) is 15.6. The molecule has 88 valence electrons. The molecule has 0 heterocycles. The van der Waals surface area contributed by atoms with Crippen molar-refractivity contribution >= 4 is 0 Å². The van der Waals surface area contributed by atoms with Crippen molar-refractivity contribution in [1.82, 2.24) is 0 Å². The van der Waals surface area contributed by atoms with Crippen LogP contribution < -0.4 is 17.0 Å². The number of quaternary nitrogens is 1. The Balaban J connectivity index is 0. The SMILES string of the molecule is CCCC(CC)[N+](CC)(CC)CC.[Br-]. The lowest BCUT2D eigenvalue weighted by atomic mass is 10.0. The Hall–Kier alpha value is 0.440. The monoisotopic (exact) mass is 265 g/mol. The Bertz CT molecular complexity index is 113. The van der Waals surface area contributed by atoms with Crippen LogP contribution in [0.3, 0.4) is 0 Å². The van der Waals surface area contributed by atoms with Crippen LogP contribution in [0.1, 0.15) is 53.9 Å². The van der Waals surface area contributed by atoms with Crippen LogP contribution in [0.5, 0.6) is 0 Å². The Morgan fingerprint density at radius 1 is 0.857 bits per heavy atom. The van der Waals surface area contributed by atoms with Gasteiger partial charge in [0, 0.05) is 0 Å². The molecule has 0 aromatic heterocycles. The summed E-state index contributed by atoms with van der Waals surface area (Å²) in [6.07, 6.45) is 4.06. The van der Waals surface area contributed by atoms with Crippen molar-refractivity contribution in [2.24, 2.45) is 0 Å². The second kappa shape index (κ2) is 8.72. The third-order valence-corrected chi connectivity index (χ3v) is 3.76. The molecule has 1 atom stereocenters. The van der Waals surface area contributed by atoms with Crippen LogP contribution in [-0.4, -0.2) is 30.2 Å². The first-order chi connectivity index (χ1) is 6.20. The molecule has 0 fully saturated rings. The van der Waals surface area contributed by atoms with Crippen molar-refractivity contribution in [2.75, 3.05) is 19.6 Å². The maximum absolute atomic E-state index is 2.34. The van der Waals surface area contributed by atoms with Crippen molar-refractivity contribution in [2.45, 2.75) is 59.9 Å². The molecule has 0 spiro atoms. The number of nitrogens with zero attached hydrogens (tertiary/aromatic N) is 1. The highest BCUT2D eigenvalue weighted by atomic mass is 79.9. The summed E-state index contributed by atoms with van der Waals surface area (Å²) in [5.41, 5.74) is 0. The second-order valence-electron chi connectivity index (χ2n) is 4.02. The van der Waals surface area contributed by atoms with E-state index >= 15 is 0 Å². The quantitative estimate of drug-likeness (QED) is 0.587. The van der Waals surface area contributed by atoms with Crippen molar-refractivity contribution in [3.05, 3.63) is 0 Å². The lowest BCUT2D eigenvalue weighted by Gasteiger charge is -2.43. The average molecular weight is 266 g/mol. The molecule has 14 heavy (non-hydrogen) atoms. The highest BCUT2D eigenvalue weighted by Crippen LogP contribution is 2.20. The molecule has 0 bridgehead atoms. The predicted molar refractivity (Wildman–Crippen MR) is 60.9 cm³/mol. The van der Waals surface area contributed by atoms with E-state index in [4.69, 9.17) is 0 Å². The first-order valence-electron chi connectivity index (χ1n) is 6.06. The summed E-state index contributed by atoms with van der Waals surface area (Å²) in [6, 6.07) is 0.894. The lowest BCUT2D eigenvalue weighted by Crippen LogP contribution is -3.00. The fraction of sp³-hybridized carbons (Fsp3) is 1.00. The molecule has 0 aliphatic carbocycles. The van der Waals surface area contributed by atoms with Crippen LogP contribution in [0.2, 0.25) is 0 Å². The van der Waals surface area contributed by atoms with Gasteiger partial charge in [-0.25, -0.2) is 0 Å². The lowest BCUT2D eigenvalue weighted by molar-refractivity contribution is -0.947. The fourth-order valence-corrected chi connectivity index (χ4v) is 2.64. The van der Waals surface area contributed by atoms with Gasteiger partial charge >= 0.3 is 0 Å². The van der Waals surface area contributed by atoms with E-state index < -0.39 is 0 Å². The summed E-state index contributed by atoms with van der Waals surface area (Å²) in [4.78, 5) is 0. The maximum Gasteiger partial charge on any atom is 0.0887 e. The maximum atomic E-state index is 2.34. The fourth-order valence-electron chi connectivity index (χ4n) is 2.64. The van der Waals surface area contributed by atoms with Gasteiger partial charge in [0.15, 0.2) is 0 Å². The molecule has 0 saturated carbocycles. The smallest absolute Gasteiger partial charge is 0.0887 e. The number of halogens is 1. The standard InChI is InChI=1S/C12H28N.BrH/c1-6-11-12(7-2)13(8-3,9-4)10-5;/h12H,6-11H2,1-5H3;1H/q+1;/p-1. The van der Waals surface area contributed by atoms with Crippen LogP contribution in [0, 0.1) is 0 Å². The predicted octanol–water partition coefficient (Wildman–Crippen LogP) is 0.446. The molecule has 1 nitrogen and oxygen atoms in total. The Morgan fingerprint density at radius 3 is 1.50 bits per heavy atom. The molecular formula is C12H28BrN. The molecule has 2 heteroatoms. The topological polar surface area (TPSA) is 0 Å². The van der Waals surface area contributed by atoms with Gasteiger partial charge in [-0.05, 0) is 33.6 Å². The average Bonchev–Trinajstić information content (AvgIpc) is 2.19. The van der Waals surface area contributed by atoms with E-state index in [1.807, 2.05) is 0 Å². The minimum absolute atomic E-state index is 0. The van der Waals surface area contributed by atoms with Gasteiger partial charge < -0.3 is 21.5 Å². The largest absolute Gasteiger partial charge is 1.00 e. The van der Waals surface area contributed by atoms with Gasteiger partial charge in [0.05, 0.1) is 25.7 Å². The van der Waals surface area contributed by atoms with Gasteiger partial charge in [-0.1, -0.05) is 20.3 Å². The van der Waals surface area contributed by atoms with Gasteiger partial charge in [-0.15, -0.1) is 0 Å². The zero-order valence-electron chi connectivity index (χ0n) is 10.6. The Labute approximate surface area is 101 Å². The van der Waals surface area contributed by atoms with Crippen LogP contribution in [0.25, 0.3) is 0 Å². The van der Waals surface area contributed by atoms with Crippen molar-refractivity contribution in [3.8, 4) is 0 Å². The van der Waals surface area contributed by atoms with Gasteiger partial charge in [0.1, 0.15) is 0 Å². The Kier molecular flexibility index (Phi) is 10.5. The highest BCUT2D eigenvalue weighted by Gasteiger charge is 2.29. The summed E-state index contributed by atoms with van der Waals surface area (Å²) in [5.74, 6) is 0. The van der Waals surface area contributed by atoms with E-state index in [-0.39, 0.29) is 17.0 Å². The highest BCUT2D eigenvalue weighted by molar-refractivity contribution is 4.57. The van der Waals surface area contributed by atoms with E-state index in [0.29, 0.717) is 0 Å². The first-order valence-corrected chi connectivity index (χ1v) is 6.06. The first kappa shape index (κ1) is 16.9. The second-order valence-corrected chi connectivity index (χ2v) is 4.02. The zero-order chi connectivity index (χ0) is 10.3. The van der Waals surface area contributed by atoms with Gasteiger partial charge in [-0.3, -0.25) is 0 Å². The molecule has 0 rings (SSSR count). The molecule has 0 aliphatic heterocycles. The third-order valence-electron chi connectivity index (χ3n) is 3.76. The zero-order valence-corrected chi connectivity index (χ0v) is 12.2. The number of hydrogen-bond acceptors (Lipinski definition) is 0. The normalized spacial score (nSPS) is 13.5. The van der Waals surface area contributed by atoms with Crippen molar-refractivity contribution in [3.63, 3.8) is 0 Å². The van der Waals surface area contributed by atoms with Crippen molar-refractivity contribution < 1.29 is 21.5 Å². The van der Waals surface area contributed by atoms with E-state index in [1.54, 1.807) is 0 Å². The molecule has 0 amide bonds. The summed E-state index contributed by atoms with van der Waals surface area (Å²) in [7, 11) is 0. The van der Waals surface area contributed by atoms with Crippen LogP contribution in [-0.2, 0) is 0 Å². The molecule has 0 aromatic rings.